The van der Waals surface area contributed by atoms with E-state index in [1.165, 1.54) is 5.56 Å². The molecule has 102 valence electrons. The van der Waals surface area contributed by atoms with Crippen LogP contribution >= 0.6 is 0 Å². The van der Waals surface area contributed by atoms with Gasteiger partial charge in [-0.2, -0.15) is 0 Å². The lowest BCUT2D eigenvalue weighted by Gasteiger charge is -2.42. The average molecular weight is 262 g/mol. The summed E-state index contributed by atoms with van der Waals surface area (Å²) < 4.78 is 10.9. The Labute approximate surface area is 112 Å². The minimum absolute atomic E-state index is 0.0115. The van der Waals surface area contributed by atoms with Crippen LogP contribution in [0.1, 0.15) is 12.5 Å². The number of rotatable bonds is 3. The zero-order valence-electron chi connectivity index (χ0n) is 11.2. The van der Waals surface area contributed by atoms with Crippen LogP contribution in [0.25, 0.3) is 0 Å². The molecule has 19 heavy (non-hydrogen) atoms. The van der Waals surface area contributed by atoms with Gasteiger partial charge in [0.05, 0.1) is 24.3 Å². The predicted molar refractivity (Wildman–Crippen MR) is 71.6 cm³/mol. The van der Waals surface area contributed by atoms with Crippen LogP contribution in [0, 0.1) is 0 Å². The molecular weight excluding hydrogens is 244 g/mol. The van der Waals surface area contributed by atoms with Crippen molar-refractivity contribution >= 4 is 11.6 Å². The quantitative estimate of drug-likeness (QED) is 0.849. The maximum absolute atomic E-state index is 11.7. The Morgan fingerprint density at radius 3 is 2.89 bits per heavy atom. The molecule has 1 atom stereocenters. The molecule has 1 amide bonds. The molecule has 1 aromatic carbocycles. The Kier molecular flexibility index (Phi) is 2.95. The lowest BCUT2D eigenvalue weighted by atomic mass is 9.78. The molecule has 1 aromatic rings. The van der Waals surface area contributed by atoms with Crippen molar-refractivity contribution in [1.29, 1.82) is 0 Å². The molecular formula is C14H18N2O3. The molecule has 1 fully saturated rings. The van der Waals surface area contributed by atoms with Crippen LogP contribution in [-0.2, 0) is 14.9 Å². The standard InChI is InChI=1S/C14H18N2O3/c1-9-13(17)16-11-5-10(3-4-12(11)19-9)14(6-15-2)7-18-8-14/h3-5,9,15H,6-8H2,1-2H3,(H,16,17). The lowest BCUT2D eigenvalue weighted by molar-refractivity contribution is -0.122. The van der Waals surface area contributed by atoms with Crippen molar-refractivity contribution in [3.05, 3.63) is 23.8 Å². The van der Waals surface area contributed by atoms with Gasteiger partial charge < -0.3 is 20.1 Å². The summed E-state index contributed by atoms with van der Waals surface area (Å²) in [4.78, 5) is 11.7. The second kappa shape index (κ2) is 4.51. The van der Waals surface area contributed by atoms with Crippen LogP contribution in [0.4, 0.5) is 5.69 Å². The number of carbonyl (C=O) groups excluding carboxylic acids is 1. The van der Waals surface area contributed by atoms with E-state index in [0.29, 0.717) is 13.2 Å². The zero-order chi connectivity index (χ0) is 13.5. The highest BCUT2D eigenvalue weighted by Crippen LogP contribution is 2.37. The molecule has 0 aliphatic carbocycles. The van der Waals surface area contributed by atoms with E-state index in [0.717, 1.165) is 18.0 Å². The van der Waals surface area contributed by atoms with E-state index >= 15 is 0 Å². The fourth-order valence-corrected chi connectivity index (χ4v) is 2.60. The summed E-state index contributed by atoms with van der Waals surface area (Å²) in [6.07, 6.45) is -0.434. The normalized spacial score (nSPS) is 23.9. The summed E-state index contributed by atoms with van der Waals surface area (Å²) >= 11 is 0. The minimum atomic E-state index is -0.434. The second-order valence-electron chi connectivity index (χ2n) is 5.26. The molecule has 0 radical (unpaired) electrons. The minimum Gasteiger partial charge on any atom is -0.479 e. The Hall–Kier alpha value is -1.59. The number of likely N-dealkylation sites (N-methyl/N-ethyl adjacent to an activating group) is 1. The number of benzene rings is 1. The topological polar surface area (TPSA) is 59.6 Å². The molecule has 1 saturated heterocycles. The van der Waals surface area contributed by atoms with Gasteiger partial charge in [-0.25, -0.2) is 0 Å². The van der Waals surface area contributed by atoms with Gasteiger partial charge in [-0.05, 0) is 31.7 Å². The third-order valence-electron chi connectivity index (χ3n) is 3.79. The zero-order valence-corrected chi connectivity index (χ0v) is 11.2. The summed E-state index contributed by atoms with van der Waals surface area (Å²) in [7, 11) is 1.94. The number of hydrogen-bond acceptors (Lipinski definition) is 4. The first-order valence-corrected chi connectivity index (χ1v) is 6.49. The highest BCUT2D eigenvalue weighted by atomic mass is 16.5. The number of hydrogen-bond donors (Lipinski definition) is 2. The molecule has 0 bridgehead atoms. The molecule has 2 heterocycles. The summed E-state index contributed by atoms with van der Waals surface area (Å²) in [6.45, 7) is 4.01. The number of anilines is 1. The molecule has 0 saturated carbocycles. The molecule has 5 heteroatoms. The number of amides is 1. The van der Waals surface area contributed by atoms with Gasteiger partial charge in [0.2, 0.25) is 0 Å². The average Bonchev–Trinajstić information content (AvgIpc) is 2.35. The maximum Gasteiger partial charge on any atom is 0.265 e. The fraction of sp³-hybridized carbons (Fsp3) is 0.500. The first-order valence-electron chi connectivity index (χ1n) is 6.49. The molecule has 3 rings (SSSR count). The Morgan fingerprint density at radius 2 is 2.26 bits per heavy atom. The van der Waals surface area contributed by atoms with Gasteiger partial charge in [0.15, 0.2) is 6.10 Å². The highest BCUT2D eigenvalue weighted by molar-refractivity contribution is 5.97. The molecule has 2 N–H and O–H groups in total. The van der Waals surface area contributed by atoms with Gasteiger partial charge in [-0.3, -0.25) is 4.79 Å². The largest absolute Gasteiger partial charge is 0.479 e. The smallest absolute Gasteiger partial charge is 0.265 e. The van der Waals surface area contributed by atoms with Gasteiger partial charge in [0, 0.05) is 6.54 Å². The third kappa shape index (κ3) is 1.99. The predicted octanol–water partition coefficient (Wildman–Crippen LogP) is 0.893. The SMILES string of the molecule is CNCC1(c2ccc3c(c2)NC(=O)C(C)O3)COC1. The molecule has 5 nitrogen and oxygen atoms in total. The van der Waals surface area contributed by atoms with Crippen molar-refractivity contribution in [3.63, 3.8) is 0 Å². The van der Waals surface area contributed by atoms with E-state index in [9.17, 15) is 4.79 Å². The monoisotopic (exact) mass is 262 g/mol. The van der Waals surface area contributed by atoms with E-state index < -0.39 is 6.10 Å². The molecule has 2 aliphatic rings. The van der Waals surface area contributed by atoms with Crippen LogP contribution in [0.5, 0.6) is 5.75 Å². The summed E-state index contributed by atoms with van der Waals surface area (Å²) in [6, 6.07) is 5.98. The fourth-order valence-electron chi connectivity index (χ4n) is 2.60. The van der Waals surface area contributed by atoms with Crippen molar-refractivity contribution < 1.29 is 14.3 Å². The Morgan fingerprint density at radius 1 is 1.47 bits per heavy atom. The van der Waals surface area contributed by atoms with Gasteiger partial charge in [-0.15, -0.1) is 0 Å². The van der Waals surface area contributed by atoms with E-state index in [4.69, 9.17) is 9.47 Å². The van der Waals surface area contributed by atoms with E-state index in [1.807, 2.05) is 19.2 Å². The van der Waals surface area contributed by atoms with Crippen LogP contribution < -0.4 is 15.4 Å². The van der Waals surface area contributed by atoms with E-state index in [2.05, 4.69) is 16.7 Å². The van der Waals surface area contributed by atoms with Crippen LogP contribution in [-0.4, -0.2) is 38.8 Å². The van der Waals surface area contributed by atoms with Gasteiger partial charge in [-0.1, -0.05) is 6.07 Å². The Bertz CT molecular complexity index is 511. The number of carbonyl (C=O) groups is 1. The second-order valence-corrected chi connectivity index (χ2v) is 5.26. The van der Waals surface area contributed by atoms with Crippen molar-refractivity contribution in [3.8, 4) is 5.75 Å². The van der Waals surface area contributed by atoms with Crippen LogP contribution in [0.15, 0.2) is 18.2 Å². The molecule has 2 aliphatic heterocycles. The molecule has 0 aromatic heterocycles. The van der Waals surface area contributed by atoms with Crippen LogP contribution in [0.3, 0.4) is 0 Å². The van der Waals surface area contributed by atoms with Crippen molar-refractivity contribution in [2.24, 2.45) is 0 Å². The highest BCUT2D eigenvalue weighted by Gasteiger charge is 2.40. The van der Waals surface area contributed by atoms with E-state index in [1.54, 1.807) is 6.92 Å². The third-order valence-corrected chi connectivity index (χ3v) is 3.79. The van der Waals surface area contributed by atoms with Crippen molar-refractivity contribution in [2.75, 3.05) is 32.1 Å². The first-order chi connectivity index (χ1) is 9.14. The number of nitrogens with one attached hydrogen (secondary N) is 2. The number of ether oxygens (including phenoxy) is 2. The van der Waals surface area contributed by atoms with Crippen molar-refractivity contribution in [1.82, 2.24) is 5.32 Å². The first kappa shape index (κ1) is 12.4. The summed E-state index contributed by atoms with van der Waals surface area (Å²) in [5.74, 6) is 0.632. The van der Waals surface area contributed by atoms with Gasteiger partial charge in [0.1, 0.15) is 5.75 Å². The molecule has 1 unspecified atom stereocenters. The Balaban J connectivity index is 1.93. The summed E-state index contributed by atoms with van der Waals surface area (Å²) in [5, 5.41) is 6.09. The maximum atomic E-state index is 11.7. The van der Waals surface area contributed by atoms with Gasteiger partial charge >= 0.3 is 0 Å². The van der Waals surface area contributed by atoms with E-state index in [-0.39, 0.29) is 11.3 Å². The lowest BCUT2D eigenvalue weighted by Crippen LogP contribution is -2.53. The van der Waals surface area contributed by atoms with Crippen molar-refractivity contribution in [2.45, 2.75) is 18.4 Å². The van der Waals surface area contributed by atoms with Crippen LogP contribution in [0.2, 0.25) is 0 Å². The van der Waals surface area contributed by atoms with Gasteiger partial charge in [0.25, 0.3) is 5.91 Å². The molecule has 0 spiro atoms. The summed E-state index contributed by atoms with van der Waals surface area (Å²) in [5.41, 5.74) is 1.94. The number of fused-ring (bicyclic) bond motifs is 1.